The maximum Gasteiger partial charge on any atom is 0.257 e. The number of benzene rings is 2. The average molecular weight is 451 g/mol. The maximum atomic E-state index is 12.2. The van der Waals surface area contributed by atoms with Gasteiger partial charge in [-0.1, -0.05) is 11.6 Å². The molecular weight excluding hydrogens is 439 g/mol. The van der Waals surface area contributed by atoms with Crippen LogP contribution >= 0.6 is 34.2 Å². The van der Waals surface area contributed by atoms with E-state index in [0.717, 1.165) is 9.83 Å². The van der Waals surface area contributed by atoms with Gasteiger partial charge in [-0.05, 0) is 65.1 Å². The predicted molar refractivity (Wildman–Crippen MR) is 97.0 cm³/mol. The molecule has 0 aliphatic carbocycles. The molecule has 116 valence electrons. The van der Waals surface area contributed by atoms with E-state index in [-0.39, 0.29) is 16.5 Å². The Bertz CT molecular complexity index is 807. The molecule has 0 bridgehead atoms. The Morgan fingerprint density at radius 3 is 2.23 bits per heavy atom. The van der Waals surface area contributed by atoms with Gasteiger partial charge in [0.1, 0.15) is 0 Å². The fourth-order valence-corrected chi connectivity index (χ4v) is 2.89. The van der Waals surface area contributed by atoms with Gasteiger partial charge in [0, 0.05) is 14.9 Å². The number of hydrogen-bond donors (Lipinski definition) is 2. The van der Waals surface area contributed by atoms with Crippen LogP contribution in [-0.4, -0.2) is 20.6 Å². The zero-order valence-electron chi connectivity index (χ0n) is 11.4. The van der Waals surface area contributed by atoms with Crippen LogP contribution in [0.2, 0.25) is 5.02 Å². The highest BCUT2D eigenvalue weighted by atomic mass is 127. The Hall–Kier alpha value is -1.32. The second-order valence-corrected chi connectivity index (χ2v) is 7.93. The van der Waals surface area contributed by atoms with Crippen molar-refractivity contribution in [1.29, 1.82) is 0 Å². The zero-order valence-corrected chi connectivity index (χ0v) is 15.2. The summed E-state index contributed by atoms with van der Waals surface area (Å²) in [6, 6.07) is 11.7. The largest absolute Gasteiger partial charge is 0.322 e. The second-order valence-electron chi connectivity index (χ2n) is 4.53. The summed E-state index contributed by atoms with van der Waals surface area (Å²) >= 11 is 8.22. The summed E-state index contributed by atoms with van der Waals surface area (Å²) < 4.78 is 25.7. The average Bonchev–Trinajstić information content (AvgIpc) is 2.39. The predicted octanol–water partition coefficient (Wildman–Crippen LogP) is 3.57. The summed E-state index contributed by atoms with van der Waals surface area (Å²) in [6.07, 6.45) is 1.04. The van der Waals surface area contributed by atoms with Crippen LogP contribution in [0, 0.1) is 3.57 Å². The highest BCUT2D eigenvalue weighted by Crippen LogP contribution is 2.23. The van der Waals surface area contributed by atoms with Gasteiger partial charge in [0.15, 0.2) is 0 Å². The number of halogens is 2. The molecule has 0 heterocycles. The molecule has 0 saturated heterocycles. The van der Waals surface area contributed by atoms with Crippen LogP contribution in [0.5, 0.6) is 0 Å². The third-order valence-corrected chi connectivity index (χ3v) is 4.26. The third kappa shape index (κ3) is 4.85. The van der Waals surface area contributed by atoms with Crippen LogP contribution in [0.3, 0.4) is 0 Å². The molecule has 2 N–H and O–H groups in total. The summed E-state index contributed by atoms with van der Waals surface area (Å²) in [5.41, 5.74) is 1.22. The Morgan fingerprint density at radius 1 is 1.09 bits per heavy atom. The molecule has 0 aliphatic rings. The number of amides is 1. The second kappa shape index (κ2) is 6.84. The van der Waals surface area contributed by atoms with Gasteiger partial charge < -0.3 is 5.32 Å². The smallest absolute Gasteiger partial charge is 0.257 e. The van der Waals surface area contributed by atoms with Gasteiger partial charge in [-0.25, -0.2) is 8.42 Å². The third-order valence-electron chi connectivity index (χ3n) is 2.62. The molecule has 0 saturated carbocycles. The summed E-state index contributed by atoms with van der Waals surface area (Å²) in [5, 5.41) is 2.89. The van der Waals surface area contributed by atoms with E-state index in [9.17, 15) is 13.2 Å². The molecule has 0 fully saturated rings. The SMILES string of the molecule is CS(=O)(=O)Nc1ccc(C(=O)Nc2ccc(I)cc2)c(Cl)c1. The van der Waals surface area contributed by atoms with Crippen LogP contribution < -0.4 is 10.0 Å². The zero-order chi connectivity index (χ0) is 16.3. The minimum Gasteiger partial charge on any atom is -0.322 e. The topological polar surface area (TPSA) is 75.3 Å². The molecule has 2 rings (SSSR count). The van der Waals surface area contributed by atoms with Crippen LogP contribution in [0.4, 0.5) is 11.4 Å². The summed E-state index contributed by atoms with van der Waals surface area (Å²) in [6.45, 7) is 0. The first-order valence-electron chi connectivity index (χ1n) is 6.09. The van der Waals surface area contributed by atoms with Crippen LogP contribution in [-0.2, 0) is 10.0 Å². The first-order valence-corrected chi connectivity index (χ1v) is 9.44. The van der Waals surface area contributed by atoms with Gasteiger partial charge in [-0.15, -0.1) is 0 Å². The fourth-order valence-electron chi connectivity index (χ4n) is 1.71. The lowest BCUT2D eigenvalue weighted by molar-refractivity contribution is 0.102. The first-order chi connectivity index (χ1) is 10.2. The molecule has 0 aliphatic heterocycles. The normalized spacial score (nSPS) is 11.0. The standard InChI is InChI=1S/C14H12ClIN2O3S/c1-22(20,21)18-11-6-7-12(13(15)8-11)14(19)17-10-4-2-9(16)3-5-10/h2-8,18H,1H3,(H,17,19). The van der Waals surface area contributed by atoms with Crippen molar-refractivity contribution in [3.05, 3.63) is 56.6 Å². The number of carbonyl (C=O) groups is 1. The summed E-state index contributed by atoms with van der Waals surface area (Å²) in [7, 11) is -3.39. The molecule has 0 unspecified atom stereocenters. The molecule has 0 radical (unpaired) electrons. The van der Waals surface area contributed by atoms with Gasteiger partial charge in [0.25, 0.3) is 5.91 Å². The molecule has 5 nitrogen and oxygen atoms in total. The number of carbonyl (C=O) groups excluding carboxylic acids is 1. The van der Waals surface area contributed by atoms with Gasteiger partial charge in [-0.2, -0.15) is 0 Å². The number of anilines is 2. The summed E-state index contributed by atoms with van der Waals surface area (Å²) in [4.78, 5) is 12.2. The Labute approximate surface area is 147 Å². The van der Waals surface area contributed by atoms with Crippen LogP contribution in [0.15, 0.2) is 42.5 Å². The van der Waals surface area contributed by atoms with Crippen LogP contribution in [0.25, 0.3) is 0 Å². The monoisotopic (exact) mass is 450 g/mol. The quantitative estimate of drug-likeness (QED) is 0.699. The fraction of sp³-hybridized carbons (Fsp3) is 0.0714. The lowest BCUT2D eigenvalue weighted by atomic mass is 10.2. The van der Waals surface area contributed by atoms with Gasteiger partial charge >= 0.3 is 0 Å². The van der Waals surface area contributed by atoms with Crippen molar-refractivity contribution in [2.75, 3.05) is 16.3 Å². The summed E-state index contributed by atoms with van der Waals surface area (Å²) in [5.74, 6) is -0.364. The molecule has 0 atom stereocenters. The maximum absolute atomic E-state index is 12.2. The Kier molecular flexibility index (Phi) is 5.30. The van der Waals surface area contributed by atoms with Crippen molar-refractivity contribution in [3.8, 4) is 0 Å². The molecule has 2 aromatic carbocycles. The van der Waals surface area contributed by atoms with E-state index < -0.39 is 10.0 Å². The van der Waals surface area contributed by atoms with E-state index in [4.69, 9.17) is 11.6 Å². The van der Waals surface area contributed by atoms with Crippen molar-refractivity contribution in [2.24, 2.45) is 0 Å². The van der Waals surface area contributed by atoms with Crippen molar-refractivity contribution in [3.63, 3.8) is 0 Å². The molecule has 8 heteroatoms. The van der Waals surface area contributed by atoms with Gasteiger partial charge in [0.2, 0.25) is 10.0 Å². The van der Waals surface area contributed by atoms with Crippen molar-refractivity contribution >= 4 is 61.5 Å². The van der Waals surface area contributed by atoms with E-state index in [1.54, 1.807) is 12.1 Å². The lowest BCUT2D eigenvalue weighted by Crippen LogP contribution is -2.13. The Morgan fingerprint density at radius 2 is 1.68 bits per heavy atom. The van der Waals surface area contributed by atoms with E-state index in [1.807, 2.05) is 12.1 Å². The van der Waals surface area contributed by atoms with E-state index in [0.29, 0.717) is 11.4 Å². The Balaban J connectivity index is 2.18. The van der Waals surface area contributed by atoms with Crippen molar-refractivity contribution in [1.82, 2.24) is 0 Å². The molecule has 0 aromatic heterocycles. The van der Waals surface area contributed by atoms with Gasteiger partial charge in [0.05, 0.1) is 16.8 Å². The molecule has 0 spiro atoms. The van der Waals surface area contributed by atoms with Crippen LogP contribution in [0.1, 0.15) is 10.4 Å². The molecule has 22 heavy (non-hydrogen) atoms. The number of hydrogen-bond acceptors (Lipinski definition) is 3. The number of sulfonamides is 1. The molecular formula is C14H12ClIN2O3S. The lowest BCUT2D eigenvalue weighted by Gasteiger charge is -2.09. The van der Waals surface area contributed by atoms with Gasteiger partial charge in [-0.3, -0.25) is 9.52 Å². The van der Waals surface area contributed by atoms with Crippen molar-refractivity contribution in [2.45, 2.75) is 0 Å². The highest BCUT2D eigenvalue weighted by Gasteiger charge is 2.12. The molecule has 1 amide bonds. The van der Waals surface area contributed by atoms with E-state index >= 15 is 0 Å². The highest BCUT2D eigenvalue weighted by molar-refractivity contribution is 14.1. The van der Waals surface area contributed by atoms with E-state index in [2.05, 4.69) is 32.6 Å². The molecule has 2 aromatic rings. The minimum absolute atomic E-state index is 0.164. The minimum atomic E-state index is -3.39. The van der Waals surface area contributed by atoms with E-state index in [1.165, 1.54) is 18.2 Å². The number of rotatable bonds is 4. The number of nitrogens with one attached hydrogen (secondary N) is 2. The first kappa shape index (κ1) is 17.0. The van der Waals surface area contributed by atoms with Crippen molar-refractivity contribution < 1.29 is 13.2 Å².